The second kappa shape index (κ2) is 10.9. The van der Waals surface area contributed by atoms with E-state index in [1.54, 1.807) is 6.92 Å². The van der Waals surface area contributed by atoms with Crippen LogP contribution in [-0.2, 0) is 4.79 Å². The molecule has 176 valence electrons. The smallest absolute Gasteiger partial charge is 0.341 e. The molecule has 6 nitrogen and oxygen atoms in total. The van der Waals surface area contributed by atoms with Gasteiger partial charge in [0.1, 0.15) is 12.6 Å². The molecule has 0 radical (unpaired) electrons. The fraction of sp³-hybridized carbons (Fsp3) is 0.208. The normalized spacial score (nSPS) is 12.9. The zero-order chi connectivity index (χ0) is 24.7. The van der Waals surface area contributed by atoms with Gasteiger partial charge < -0.3 is 16.0 Å². The van der Waals surface area contributed by atoms with E-state index in [1.807, 2.05) is 48.5 Å². The van der Waals surface area contributed by atoms with Crippen molar-refractivity contribution in [1.29, 1.82) is 5.26 Å². The van der Waals surface area contributed by atoms with Gasteiger partial charge in [-0.2, -0.15) is 18.4 Å². The van der Waals surface area contributed by atoms with E-state index < -0.39 is 29.4 Å². The lowest BCUT2D eigenvalue weighted by molar-refractivity contribution is -0.123. The molecule has 3 aromatic carbocycles. The molecule has 0 saturated carbocycles. The molecule has 3 aromatic rings. The minimum atomic E-state index is -4.41. The van der Waals surface area contributed by atoms with E-state index in [4.69, 9.17) is 5.26 Å². The van der Waals surface area contributed by atoms with Crippen LogP contribution in [-0.4, -0.2) is 30.0 Å². The van der Waals surface area contributed by atoms with E-state index in [0.29, 0.717) is 0 Å². The van der Waals surface area contributed by atoms with Crippen molar-refractivity contribution in [2.24, 2.45) is 0 Å². The molecule has 0 heterocycles. The maximum absolute atomic E-state index is 12.7. The Bertz CT molecular complexity index is 1210. The van der Waals surface area contributed by atoms with Crippen molar-refractivity contribution in [3.63, 3.8) is 0 Å². The van der Waals surface area contributed by atoms with Gasteiger partial charge in [-0.1, -0.05) is 49.4 Å². The van der Waals surface area contributed by atoms with Crippen molar-refractivity contribution in [2.75, 3.05) is 11.9 Å². The summed E-state index contributed by atoms with van der Waals surface area (Å²) in [6.45, 7) is 1.56. The molecule has 3 N–H and O–H groups in total. The van der Waals surface area contributed by atoms with Crippen LogP contribution in [0, 0.1) is 11.3 Å². The van der Waals surface area contributed by atoms with Crippen molar-refractivity contribution in [3.05, 3.63) is 72.3 Å². The van der Waals surface area contributed by atoms with E-state index in [2.05, 4.69) is 16.0 Å². The lowest BCUT2D eigenvalue weighted by atomic mass is 9.91. The highest BCUT2D eigenvalue weighted by Crippen LogP contribution is 2.37. The number of carbonyl (C=O) groups is 2. The van der Waals surface area contributed by atoms with E-state index >= 15 is 0 Å². The third kappa shape index (κ3) is 6.89. The number of nitriles is 1. The number of rotatable bonds is 7. The number of carbonyl (C=O) groups excluding carboxylic acids is 2. The van der Waals surface area contributed by atoms with Crippen molar-refractivity contribution in [3.8, 4) is 6.07 Å². The third-order valence-corrected chi connectivity index (χ3v) is 5.80. The summed E-state index contributed by atoms with van der Waals surface area (Å²) in [6, 6.07) is 18.7. The van der Waals surface area contributed by atoms with Crippen LogP contribution in [0.4, 0.5) is 23.7 Å². The van der Waals surface area contributed by atoms with Crippen LogP contribution < -0.4 is 16.0 Å². The van der Waals surface area contributed by atoms with Gasteiger partial charge in [-0.3, -0.25) is 4.79 Å². The van der Waals surface area contributed by atoms with Gasteiger partial charge in [-0.25, -0.2) is 4.79 Å². The number of nitrogens with one attached hydrogen (secondary N) is 3. The Morgan fingerprint density at radius 1 is 1.03 bits per heavy atom. The average Bonchev–Trinajstić information content (AvgIpc) is 2.80. The number of benzene rings is 3. The summed E-state index contributed by atoms with van der Waals surface area (Å²) >= 11 is -0.255. The molecule has 0 fully saturated rings. The van der Waals surface area contributed by atoms with Crippen LogP contribution in [0.2, 0.25) is 0 Å². The number of thioether (sulfide) groups is 1. The highest BCUT2D eigenvalue weighted by Gasteiger charge is 2.30. The molecule has 0 aromatic heterocycles. The molecule has 0 aliphatic heterocycles. The quantitative estimate of drug-likeness (QED) is 0.309. The molecular formula is C24H21F3N4O2S. The van der Waals surface area contributed by atoms with Gasteiger partial charge in [-0.05, 0) is 52.4 Å². The highest BCUT2D eigenvalue weighted by molar-refractivity contribution is 8.00. The van der Waals surface area contributed by atoms with E-state index in [-0.39, 0.29) is 28.9 Å². The number of halogens is 3. The summed E-state index contributed by atoms with van der Waals surface area (Å²) in [6.07, 6.45) is 0. The summed E-state index contributed by atoms with van der Waals surface area (Å²) < 4.78 is 37.5. The van der Waals surface area contributed by atoms with Crippen LogP contribution in [0.15, 0.2) is 71.6 Å². The predicted molar refractivity (Wildman–Crippen MR) is 125 cm³/mol. The van der Waals surface area contributed by atoms with E-state index in [1.165, 1.54) is 24.3 Å². The van der Waals surface area contributed by atoms with Crippen molar-refractivity contribution < 1.29 is 22.8 Å². The predicted octanol–water partition coefficient (Wildman–Crippen LogP) is 5.39. The van der Waals surface area contributed by atoms with Gasteiger partial charge in [-0.15, -0.1) is 0 Å². The average molecular weight is 487 g/mol. The van der Waals surface area contributed by atoms with Crippen LogP contribution in [0.3, 0.4) is 0 Å². The van der Waals surface area contributed by atoms with Gasteiger partial charge in [0.25, 0.3) is 0 Å². The Kier molecular flexibility index (Phi) is 8.02. The van der Waals surface area contributed by atoms with Crippen molar-refractivity contribution in [2.45, 2.75) is 29.3 Å². The number of amides is 3. The van der Waals surface area contributed by atoms with Gasteiger partial charge in [0.15, 0.2) is 0 Å². The molecule has 0 aliphatic carbocycles. The Labute approximate surface area is 198 Å². The first-order valence-corrected chi connectivity index (χ1v) is 11.0. The van der Waals surface area contributed by atoms with Gasteiger partial charge in [0, 0.05) is 16.5 Å². The highest BCUT2D eigenvalue weighted by atomic mass is 32.2. The molecule has 34 heavy (non-hydrogen) atoms. The molecule has 3 rings (SSSR count). The molecule has 0 aliphatic rings. The maximum atomic E-state index is 12.7. The van der Waals surface area contributed by atoms with Crippen LogP contribution in [0.1, 0.15) is 18.4 Å². The standard InChI is InChI=1S/C24H21F3N4O2S/c1-15(17-7-6-16-4-2-3-5-18(16)14-17)21(22(32)29-13-12-28)31-23(33)30-19-8-10-20(11-9-19)34-24(25,26)27/h2-11,14-15,21H,13H2,1H3,(H,29,32)(H2,30,31,33)/t15-,21+/m1/s1. The van der Waals surface area contributed by atoms with E-state index in [9.17, 15) is 22.8 Å². The second-order valence-electron chi connectivity index (χ2n) is 7.42. The number of alkyl halides is 3. The lowest BCUT2D eigenvalue weighted by Gasteiger charge is -2.25. The first-order valence-electron chi connectivity index (χ1n) is 10.2. The van der Waals surface area contributed by atoms with Gasteiger partial charge >= 0.3 is 11.5 Å². The molecule has 0 saturated heterocycles. The minimum absolute atomic E-state index is 0.0165. The Morgan fingerprint density at radius 3 is 2.35 bits per heavy atom. The minimum Gasteiger partial charge on any atom is -0.341 e. The Hall–Kier alpha value is -3.71. The zero-order valence-electron chi connectivity index (χ0n) is 18.0. The molecule has 0 bridgehead atoms. The molecular weight excluding hydrogens is 465 g/mol. The first-order chi connectivity index (χ1) is 16.2. The number of fused-ring (bicyclic) bond motifs is 1. The Balaban J connectivity index is 1.75. The maximum Gasteiger partial charge on any atom is 0.446 e. The molecule has 0 spiro atoms. The van der Waals surface area contributed by atoms with Gasteiger partial charge in [0.05, 0.1) is 6.07 Å². The first kappa shape index (κ1) is 24.9. The number of urea groups is 1. The third-order valence-electron chi connectivity index (χ3n) is 5.06. The number of nitrogens with zero attached hydrogens (tertiary/aromatic N) is 1. The summed E-state index contributed by atoms with van der Waals surface area (Å²) in [5.41, 5.74) is -3.34. The molecule has 0 unspecified atom stereocenters. The molecule has 2 atom stereocenters. The summed E-state index contributed by atoms with van der Waals surface area (Å²) in [4.78, 5) is 25.3. The lowest BCUT2D eigenvalue weighted by Crippen LogP contribution is -2.50. The topological polar surface area (TPSA) is 94.0 Å². The monoisotopic (exact) mass is 486 g/mol. The summed E-state index contributed by atoms with van der Waals surface area (Å²) in [5.74, 6) is -0.978. The zero-order valence-corrected chi connectivity index (χ0v) is 18.8. The molecule has 3 amide bonds. The number of hydrogen-bond acceptors (Lipinski definition) is 4. The van der Waals surface area contributed by atoms with Crippen LogP contribution in [0.25, 0.3) is 10.8 Å². The van der Waals surface area contributed by atoms with Crippen LogP contribution >= 0.6 is 11.8 Å². The number of hydrogen-bond donors (Lipinski definition) is 3. The SMILES string of the molecule is C[C@H](c1ccc2ccccc2c1)[C@H](NC(=O)Nc1ccc(SC(F)(F)F)cc1)C(=O)NCC#N. The fourth-order valence-corrected chi connectivity index (χ4v) is 3.93. The van der Waals surface area contributed by atoms with Crippen molar-refractivity contribution >= 4 is 40.2 Å². The van der Waals surface area contributed by atoms with Crippen LogP contribution in [0.5, 0.6) is 0 Å². The summed E-state index contributed by atoms with van der Waals surface area (Å²) in [5, 5.41) is 18.4. The second-order valence-corrected chi connectivity index (χ2v) is 8.56. The van der Waals surface area contributed by atoms with Crippen molar-refractivity contribution in [1.82, 2.24) is 10.6 Å². The number of anilines is 1. The van der Waals surface area contributed by atoms with Gasteiger partial charge in [0.2, 0.25) is 5.91 Å². The fourth-order valence-electron chi connectivity index (χ4n) is 3.39. The summed E-state index contributed by atoms with van der Waals surface area (Å²) in [7, 11) is 0. The van der Waals surface area contributed by atoms with E-state index in [0.717, 1.165) is 16.3 Å². The Morgan fingerprint density at radius 2 is 1.71 bits per heavy atom. The largest absolute Gasteiger partial charge is 0.446 e. The molecule has 10 heteroatoms.